The van der Waals surface area contributed by atoms with Gasteiger partial charge in [-0.05, 0) is 0 Å². The van der Waals surface area contributed by atoms with E-state index in [4.69, 9.17) is 0 Å². The van der Waals surface area contributed by atoms with Crippen molar-refractivity contribution in [2.24, 2.45) is 0 Å². The zero-order chi connectivity index (χ0) is 4.12. The molecule has 0 unspecified atom stereocenters. The Morgan fingerprint density at radius 3 is 1.33 bits per heavy atom. The summed E-state index contributed by atoms with van der Waals surface area (Å²) in [6, 6.07) is 0. The molecule has 1 heteroatoms. The van der Waals surface area contributed by atoms with Gasteiger partial charge in [-0.25, -0.2) is 0 Å². The van der Waals surface area contributed by atoms with Gasteiger partial charge in [-0.15, -0.1) is 0 Å². The van der Waals surface area contributed by atoms with Crippen LogP contribution in [0.15, 0.2) is 0 Å². The van der Waals surface area contributed by atoms with Crippen molar-refractivity contribution in [2.45, 2.75) is 33.1 Å². The Morgan fingerprint density at radius 1 is 1.00 bits per heavy atom. The molecule has 0 bridgehead atoms. The third-order valence-electron chi connectivity index (χ3n) is 0.707. The van der Waals surface area contributed by atoms with Crippen LogP contribution in [-0.4, -0.2) is 23.9 Å². The number of rotatable bonds is 2. The van der Waals surface area contributed by atoms with Crippen molar-refractivity contribution in [3.05, 3.63) is 0 Å². The molecule has 0 heterocycles. The molecule has 0 aromatic carbocycles. The Morgan fingerprint density at radius 2 is 1.33 bits per heavy atom. The summed E-state index contributed by atoms with van der Waals surface area (Å²) >= 11 is 0. The minimum absolute atomic E-state index is 0. The van der Waals surface area contributed by atoms with Crippen LogP contribution in [0.1, 0.15) is 33.1 Å². The molecule has 0 aliphatic heterocycles. The summed E-state index contributed by atoms with van der Waals surface area (Å²) in [6.07, 6.45) is 4.08. The van der Waals surface area contributed by atoms with E-state index in [1.54, 1.807) is 0 Å². The molecule has 0 saturated heterocycles. The molecule has 0 fully saturated rings. The molecule has 0 nitrogen and oxygen atoms in total. The van der Waals surface area contributed by atoms with E-state index in [9.17, 15) is 0 Å². The van der Waals surface area contributed by atoms with Crippen molar-refractivity contribution < 1.29 is 0 Å². The third-order valence-corrected chi connectivity index (χ3v) is 0.707. The van der Waals surface area contributed by atoms with Crippen molar-refractivity contribution in [3.63, 3.8) is 0 Å². The standard InChI is InChI=1S/C5H12.Sn.2H/c1-3-5-4-2;;;/h3-5H2,1-2H3;;;. The molecule has 38 valence electrons. The first kappa shape index (κ1) is 9.93. The first-order chi connectivity index (χ1) is 2.41. The van der Waals surface area contributed by atoms with Gasteiger partial charge in [-0.2, -0.15) is 0 Å². The van der Waals surface area contributed by atoms with Crippen molar-refractivity contribution in [2.75, 3.05) is 0 Å². The predicted octanol–water partition coefficient (Wildman–Crippen LogP) is 1.28. The SMILES string of the molecule is CCCCC.[SnH2]. The molecular formula is C5H14Sn. The zero-order valence-electron chi connectivity index (χ0n) is 4.83. The van der Waals surface area contributed by atoms with Crippen LogP contribution in [-0.2, 0) is 0 Å². The third kappa shape index (κ3) is 8.84. The van der Waals surface area contributed by atoms with E-state index in [0.29, 0.717) is 0 Å². The van der Waals surface area contributed by atoms with E-state index in [0.717, 1.165) is 0 Å². The van der Waals surface area contributed by atoms with Gasteiger partial charge in [-0.3, -0.25) is 0 Å². The Bertz CT molecular complexity index is 11.4. The van der Waals surface area contributed by atoms with Gasteiger partial charge in [-0.1, -0.05) is 33.1 Å². The summed E-state index contributed by atoms with van der Waals surface area (Å²) in [5.41, 5.74) is 0. The molecule has 0 rings (SSSR count). The molecule has 6 heavy (non-hydrogen) atoms. The van der Waals surface area contributed by atoms with E-state index in [-0.39, 0.29) is 23.9 Å². The summed E-state index contributed by atoms with van der Waals surface area (Å²) < 4.78 is 0. The minimum atomic E-state index is 0. The van der Waals surface area contributed by atoms with Crippen molar-refractivity contribution >= 4 is 23.9 Å². The van der Waals surface area contributed by atoms with Crippen LogP contribution in [0.2, 0.25) is 0 Å². The van der Waals surface area contributed by atoms with Gasteiger partial charge in [0.05, 0.1) is 0 Å². The van der Waals surface area contributed by atoms with Crippen LogP contribution in [0.4, 0.5) is 0 Å². The number of hydrogen-bond donors (Lipinski definition) is 0. The topological polar surface area (TPSA) is 0 Å². The molecule has 0 aliphatic carbocycles. The van der Waals surface area contributed by atoms with Crippen molar-refractivity contribution in [1.82, 2.24) is 0 Å². The molecule has 0 atom stereocenters. The van der Waals surface area contributed by atoms with Crippen LogP contribution in [0.3, 0.4) is 0 Å². The summed E-state index contributed by atoms with van der Waals surface area (Å²) in [7, 11) is 0. The van der Waals surface area contributed by atoms with Gasteiger partial charge in [0.25, 0.3) is 0 Å². The number of unbranched alkanes of at least 4 members (excludes halogenated alkanes) is 2. The fourth-order valence-electron chi connectivity index (χ4n) is 0.354. The van der Waals surface area contributed by atoms with Crippen molar-refractivity contribution in [3.8, 4) is 0 Å². The molecule has 0 aromatic rings. The fraction of sp³-hybridized carbons (Fsp3) is 1.00. The second kappa shape index (κ2) is 9.25. The van der Waals surface area contributed by atoms with Gasteiger partial charge in [0.2, 0.25) is 0 Å². The van der Waals surface area contributed by atoms with Gasteiger partial charge in [0, 0.05) is 0 Å². The van der Waals surface area contributed by atoms with Crippen LogP contribution in [0, 0.1) is 0 Å². The van der Waals surface area contributed by atoms with Gasteiger partial charge >= 0.3 is 23.9 Å². The Labute approximate surface area is 57.3 Å². The maximum absolute atomic E-state index is 2.21. The van der Waals surface area contributed by atoms with Crippen LogP contribution >= 0.6 is 0 Å². The summed E-state index contributed by atoms with van der Waals surface area (Å²) in [4.78, 5) is 0. The van der Waals surface area contributed by atoms with Gasteiger partial charge < -0.3 is 0 Å². The molecule has 0 saturated carbocycles. The van der Waals surface area contributed by atoms with Gasteiger partial charge in [0.15, 0.2) is 0 Å². The Hall–Kier alpha value is 0.799. The number of hydrogen-bond acceptors (Lipinski definition) is 0. The fourth-order valence-corrected chi connectivity index (χ4v) is 0.354. The summed E-state index contributed by atoms with van der Waals surface area (Å²) in [6.45, 7) is 4.42. The average Bonchev–Trinajstić information content (AvgIpc) is 1.41. The first-order valence-corrected chi connectivity index (χ1v) is 2.41. The maximum atomic E-state index is 2.21. The van der Waals surface area contributed by atoms with Crippen LogP contribution in [0.25, 0.3) is 0 Å². The van der Waals surface area contributed by atoms with Crippen LogP contribution in [0.5, 0.6) is 0 Å². The van der Waals surface area contributed by atoms with E-state index < -0.39 is 0 Å². The second-order valence-electron chi connectivity index (χ2n) is 1.35. The van der Waals surface area contributed by atoms with E-state index in [1.165, 1.54) is 19.3 Å². The molecule has 0 aliphatic rings. The van der Waals surface area contributed by atoms with E-state index in [2.05, 4.69) is 13.8 Å². The molecule has 0 spiro atoms. The predicted molar refractivity (Wildman–Crippen MR) is 33.7 cm³/mol. The molecule has 2 radical (unpaired) electrons. The van der Waals surface area contributed by atoms with Gasteiger partial charge in [0.1, 0.15) is 0 Å². The average molecular weight is 193 g/mol. The summed E-state index contributed by atoms with van der Waals surface area (Å²) in [5.74, 6) is 0. The molecule has 0 N–H and O–H groups in total. The molecule has 0 amide bonds. The first-order valence-electron chi connectivity index (χ1n) is 2.41. The molecular weight excluding hydrogens is 179 g/mol. The Kier molecular flexibility index (Phi) is 15.3. The summed E-state index contributed by atoms with van der Waals surface area (Å²) in [5, 5.41) is 0. The second-order valence-corrected chi connectivity index (χ2v) is 1.35. The zero-order valence-corrected chi connectivity index (χ0v) is 8.86. The van der Waals surface area contributed by atoms with E-state index >= 15 is 0 Å². The van der Waals surface area contributed by atoms with Crippen molar-refractivity contribution in [1.29, 1.82) is 0 Å². The van der Waals surface area contributed by atoms with E-state index in [1.807, 2.05) is 0 Å². The normalized spacial score (nSPS) is 7.00. The molecule has 0 aromatic heterocycles. The van der Waals surface area contributed by atoms with Crippen LogP contribution < -0.4 is 0 Å². The monoisotopic (exact) mass is 194 g/mol. The Balaban J connectivity index is 0. The quantitative estimate of drug-likeness (QED) is 0.579.